The van der Waals surface area contributed by atoms with E-state index in [0.717, 1.165) is 32.1 Å². The third-order valence-electron chi connectivity index (χ3n) is 3.84. The van der Waals surface area contributed by atoms with Crippen LogP contribution < -0.4 is 0 Å². The van der Waals surface area contributed by atoms with Crippen LogP contribution in [-0.2, 0) is 4.79 Å². The number of hydrogen-bond donors (Lipinski definition) is 5. The highest BCUT2D eigenvalue weighted by molar-refractivity contribution is 5.66. The van der Waals surface area contributed by atoms with Crippen LogP contribution in [0.15, 0.2) is 0 Å². The number of aliphatic hydroxyl groups is 4. The largest absolute Gasteiger partial charge is 0.481 e. The van der Waals surface area contributed by atoms with Crippen LogP contribution in [0.3, 0.4) is 0 Å². The lowest BCUT2D eigenvalue weighted by Crippen LogP contribution is -2.36. The Morgan fingerprint density at radius 1 is 0.875 bits per heavy atom. The second kappa shape index (κ2) is 14.2. The first-order chi connectivity index (χ1) is 11.4. The van der Waals surface area contributed by atoms with Crippen molar-refractivity contribution in [1.82, 2.24) is 0 Å². The van der Waals surface area contributed by atoms with Gasteiger partial charge < -0.3 is 25.5 Å². The Kier molecular flexibility index (Phi) is 13.6. The fourth-order valence-electron chi connectivity index (χ4n) is 2.28. The van der Waals surface area contributed by atoms with Gasteiger partial charge in [0.05, 0.1) is 6.10 Å². The molecule has 140 valence electrons. The van der Waals surface area contributed by atoms with E-state index in [4.69, 9.17) is 5.11 Å². The van der Waals surface area contributed by atoms with Crippen LogP contribution in [-0.4, -0.2) is 55.9 Å². The van der Waals surface area contributed by atoms with Crippen LogP contribution in [0.5, 0.6) is 0 Å². The second-order valence-electron chi connectivity index (χ2n) is 6.15. The molecule has 4 atom stereocenters. The minimum absolute atomic E-state index is 0.177. The molecule has 0 radical (unpaired) electrons. The molecule has 0 bridgehead atoms. The summed E-state index contributed by atoms with van der Waals surface area (Å²) in [5, 5.41) is 47.5. The van der Waals surface area contributed by atoms with E-state index in [1.807, 2.05) is 6.92 Å². The SMILES string of the molecule is CCCC[C@@H](O)C#C[C@@H](O)[C@@H](O)[C@H](O)CCCCCCCC(=O)O. The summed E-state index contributed by atoms with van der Waals surface area (Å²) in [6, 6.07) is 0. The van der Waals surface area contributed by atoms with Gasteiger partial charge in [-0.2, -0.15) is 0 Å². The van der Waals surface area contributed by atoms with Gasteiger partial charge in [-0.3, -0.25) is 4.79 Å². The second-order valence-corrected chi connectivity index (χ2v) is 6.15. The van der Waals surface area contributed by atoms with Crippen molar-refractivity contribution in [1.29, 1.82) is 0 Å². The first kappa shape index (κ1) is 22.9. The summed E-state index contributed by atoms with van der Waals surface area (Å²) in [5.41, 5.74) is 0. The van der Waals surface area contributed by atoms with Crippen LogP contribution in [0.4, 0.5) is 0 Å². The smallest absolute Gasteiger partial charge is 0.303 e. The number of carboxylic acids is 1. The fraction of sp³-hybridized carbons (Fsp3) is 0.833. The van der Waals surface area contributed by atoms with E-state index >= 15 is 0 Å². The van der Waals surface area contributed by atoms with Crippen LogP contribution >= 0.6 is 0 Å². The first-order valence-corrected chi connectivity index (χ1v) is 8.83. The summed E-state index contributed by atoms with van der Waals surface area (Å²) in [6.07, 6.45) is 2.06. The van der Waals surface area contributed by atoms with Gasteiger partial charge in [0.2, 0.25) is 0 Å². The lowest BCUT2D eigenvalue weighted by molar-refractivity contribution is -0.137. The van der Waals surface area contributed by atoms with Gasteiger partial charge in [-0.25, -0.2) is 0 Å². The van der Waals surface area contributed by atoms with E-state index in [-0.39, 0.29) is 6.42 Å². The number of carboxylic acid groups (broad SMARTS) is 1. The Bertz CT molecular complexity index is 387. The number of aliphatic hydroxyl groups excluding tert-OH is 4. The molecule has 6 heteroatoms. The van der Waals surface area contributed by atoms with Gasteiger partial charge in [-0.05, 0) is 19.3 Å². The predicted octanol–water partition coefficient (Wildman–Crippen LogP) is 1.44. The summed E-state index contributed by atoms with van der Waals surface area (Å²) in [7, 11) is 0. The summed E-state index contributed by atoms with van der Waals surface area (Å²) in [6.45, 7) is 2.00. The van der Waals surface area contributed by atoms with E-state index in [1.54, 1.807) is 0 Å². The number of carbonyl (C=O) groups is 1. The zero-order valence-corrected chi connectivity index (χ0v) is 14.5. The third-order valence-corrected chi connectivity index (χ3v) is 3.84. The molecule has 0 aliphatic heterocycles. The van der Waals surface area contributed by atoms with Gasteiger partial charge in [0, 0.05) is 6.42 Å². The Balaban J connectivity index is 3.90. The molecule has 0 aromatic rings. The zero-order chi connectivity index (χ0) is 18.4. The molecule has 5 N–H and O–H groups in total. The van der Waals surface area contributed by atoms with Gasteiger partial charge >= 0.3 is 5.97 Å². The van der Waals surface area contributed by atoms with E-state index in [9.17, 15) is 25.2 Å². The van der Waals surface area contributed by atoms with Crippen molar-refractivity contribution >= 4 is 5.97 Å². The molecule has 0 aliphatic rings. The molecule has 0 rings (SSSR count). The van der Waals surface area contributed by atoms with Crippen LogP contribution in [0.25, 0.3) is 0 Å². The average molecular weight is 344 g/mol. The highest BCUT2D eigenvalue weighted by Crippen LogP contribution is 2.12. The van der Waals surface area contributed by atoms with Crippen molar-refractivity contribution in [3.8, 4) is 11.8 Å². The monoisotopic (exact) mass is 344 g/mol. The number of aliphatic carboxylic acids is 1. The van der Waals surface area contributed by atoms with Crippen molar-refractivity contribution < 1.29 is 30.3 Å². The number of rotatable bonds is 13. The first-order valence-electron chi connectivity index (χ1n) is 8.83. The normalized spacial score (nSPS) is 15.9. The van der Waals surface area contributed by atoms with Gasteiger partial charge in [0.15, 0.2) is 0 Å². The molecule has 0 saturated carbocycles. The van der Waals surface area contributed by atoms with Crippen molar-refractivity contribution in [3.05, 3.63) is 0 Å². The Hall–Kier alpha value is -1.13. The molecule has 0 unspecified atom stereocenters. The molecule has 0 aliphatic carbocycles. The molecule has 0 spiro atoms. The quantitative estimate of drug-likeness (QED) is 0.255. The van der Waals surface area contributed by atoms with Gasteiger partial charge in [-0.15, -0.1) is 0 Å². The molecule has 0 amide bonds. The summed E-state index contributed by atoms with van der Waals surface area (Å²) >= 11 is 0. The van der Waals surface area contributed by atoms with Gasteiger partial charge in [0.1, 0.15) is 18.3 Å². The minimum atomic E-state index is -1.38. The fourth-order valence-corrected chi connectivity index (χ4v) is 2.28. The molecular weight excluding hydrogens is 312 g/mol. The maximum Gasteiger partial charge on any atom is 0.303 e. The van der Waals surface area contributed by atoms with E-state index in [1.165, 1.54) is 0 Å². The lowest BCUT2D eigenvalue weighted by atomic mass is 10.0. The Morgan fingerprint density at radius 3 is 2.12 bits per heavy atom. The van der Waals surface area contributed by atoms with Crippen LogP contribution in [0, 0.1) is 11.8 Å². The molecular formula is C18H32O6. The molecule has 0 saturated heterocycles. The van der Waals surface area contributed by atoms with Gasteiger partial charge in [-0.1, -0.05) is 57.3 Å². The number of hydrogen-bond acceptors (Lipinski definition) is 5. The third kappa shape index (κ3) is 12.3. The zero-order valence-electron chi connectivity index (χ0n) is 14.5. The van der Waals surface area contributed by atoms with E-state index in [0.29, 0.717) is 25.7 Å². The van der Waals surface area contributed by atoms with Crippen molar-refractivity contribution in [2.24, 2.45) is 0 Å². The van der Waals surface area contributed by atoms with Crippen LogP contribution in [0.1, 0.15) is 71.1 Å². The molecule has 0 heterocycles. The highest BCUT2D eigenvalue weighted by atomic mass is 16.4. The van der Waals surface area contributed by atoms with E-state index in [2.05, 4.69) is 11.8 Å². The summed E-state index contributed by atoms with van der Waals surface area (Å²) in [5.74, 6) is 4.09. The van der Waals surface area contributed by atoms with Gasteiger partial charge in [0.25, 0.3) is 0 Å². The predicted molar refractivity (Wildman–Crippen MR) is 91.3 cm³/mol. The summed E-state index contributed by atoms with van der Waals surface area (Å²) < 4.78 is 0. The molecule has 24 heavy (non-hydrogen) atoms. The highest BCUT2D eigenvalue weighted by Gasteiger charge is 2.22. The van der Waals surface area contributed by atoms with Crippen molar-refractivity contribution in [2.45, 2.75) is 95.5 Å². The topological polar surface area (TPSA) is 118 Å². The van der Waals surface area contributed by atoms with E-state index < -0.39 is 30.4 Å². The molecule has 0 aromatic heterocycles. The van der Waals surface area contributed by atoms with Crippen LogP contribution in [0.2, 0.25) is 0 Å². The standard InChI is InChI=1S/C18H32O6/c1-2-3-9-14(19)12-13-16(21)18(24)15(20)10-7-5-4-6-8-11-17(22)23/h14-16,18-21,24H,2-11H2,1H3,(H,22,23)/t14-,15-,16-,18+/m1/s1. The molecule has 6 nitrogen and oxygen atoms in total. The Labute approximate surface area is 144 Å². The molecule has 0 aromatic carbocycles. The van der Waals surface area contributed by atoms with Crippen molar-refractivity contribution in [2.75, 3.05) is 0 Å². The van der Waals surface area contributed by atoms with Crippen molar-refractivity contribution in [3.63, 3.8) is 0 Å². The molecule has 0 fully saturated rings. The Morgan fingerprint density at radius 2 is 1.50 bits per heavy atom. The maximum atomic E-state index is 10.4. The minimum Gasteiger partial charge on any atom is -0.481 e. The number of unbranched alkanes of at least 4 members (excludes halogenated alkanes) is 5. The lowest BCUT2D eigenvalue weighted by Gasteiger charge is -2.19. The maximum absolute atomic E-state index is 10.4. The summed E-state index contributed by atoms with van der Waals surface area (Å²) in [4.78, 5) is 10.4. The average Bonchev–Trinajstić information content (AvgIpc) is 2.55.